The summed E-state index contributed by atoms with van der Waals surface area (Å²) >= 11 is 12.4. The highest BCUT2D eigenvalue weighted by atomic mass is 35.5. The summed E-state index contributed by atoms with van der Waals surface area (Å²) in [5.41, 5.74) is 3.04. The van der Waals surface area contributed by atoms with Gasteiger partial charge in [0.2, 0.25) is 0 Å². The van der Waals surface area contributed by atoms with Gasteiger partial charge in [-0.1, -0.05) is 41.4 Å². The van der Waals surface area contributed by atoms with Crippen molar-refractivity contribution in [2.45, 2.75) is 13.1 Å². The van der Waals surface area contributed by atoms with Gasteiger partial charge in [0, 0.05) is 15.6 Å². The van der Waals surface area contributed by atoms with E-state index in [0.29, 0.717) is 28.0 Å². The molecule has 1 N–H and O–H groups in total. The van der Waals surface area contributed by atoms with Crippen LogP contribution in [0.2, 0.25) is 10.0 Å². The lowest BCUT2D eigenvalue weighted by Crippen LogP contribution is -2.25. The Morgan fingerprint density at radius 2 is 1.79 bits per heavy atom. The third kappa shape index (κ3) is 4.26. The monoisotopic (exact) mass is 427 g/mol. The van der Waals surface area contributed by atoms with E-state index in [1.165, 1.54) is 24.3 Å². The van der Waals surface area contributed by atoms with Crippen LogP contribution in [0.15, 0.2) is 66.7 Å². The molecule has 0 fully saturated rings. The number of carbonyl (C=O) groups excluding carboxylic acids is 1. The number of hydrogen-bond donors (Lipinski definition) is 1. The van der Waals surface area contributed by atoms with E-state index in [1.807, 2.05) is 34.9 Å². The van der Waals surface area contributed by atoms with Gasteiger partial charge in [-0.05, 0) is 54.1 Å². The van der Waals surface area contributed by atoms with E-state index in [1.54, 1.807) is 12.1 Å². The smallest absolute Gasteiger partial charge is 0.251 e. The van der Waals surface area contributed by atoms with Gasteiger partial charge < -0.3 is 9.88 Å². The minimum absolute atomic E-state index is 0.218. The van der Waals surface area contributed by atoms with Gasteiger partial charge in [0.05, 0.1) is 24.1 Å². The van der Waals surface area contributed by atoms with Crippen molar-refractivity contribution in [3.63, 3.8) is 0 Å². The van der Waals surface area contributed by atoms with Gasteiger partial charge in [-0.25, -0.2) is 9.37 Å². The van der Waals surface area contributed by atoms with Crippen molar-refractivity contribution in [1.29, 1.82) is 0 Å². The summed E-state index contributed by atoms with van der Waals surface area (Å²) in [7, 11) is 0. The summed E-state index contributed by atoms with van der Waals surface area (Å²) < 4.78 is 15.1. The zero-order chi connectivity index (χ0) is 20.4. The molecule has 0 radical (unpaired) electrons. The fourth-order valence-electron chi connectivity index (χ4n) is 3.12. The molecule has 4 aromatic rings. The molecule has 0 spiro atoms. The highest BCUT2D eigenvalue weighted by Crippen LogP contribution is 2.24. The van der Waals surface area contributed by atoms with Crippen molar-refractivity contribution in [2.75, 3.05) is 0 Å². The quantitative estimate of drug-likeness (QED) is 0.459. The Bertz CT molecular complexity index is 1190. The number of benzene rings is 3. The summed E-state index contributed by atoms with van der Waals surface area (Å²) in [5.74, 6) is 0.00370. The molecule has 0 saturated heterocycles. The zero-order valence-electron chi connectivity index (χ0n) is 15.2. The minimum atomic E-state index is -0.386. The fourth-order valence-corrected chi connectivity index (χ4v) is 3.59. The second-order valence-electron chi connectivity index (χ2n) is 6.53. The van der Waals surface area contributed by atoms with E-state index in [-0.39, 0.29) is 18.3 Å². The van der Waals surface area contributed by atoms with Gasteiger partial charge in [0.1, 0.15) is 11.6 Å². The van der Waals surface area contributed by atoms with Crippen LogP contribution in [-0.4, -0.2) is 15.5 Å². The number of halogens is 3. The predicted octanol–water partition coefficient (Wildman–Crippen LogP) is 5.46. The van der Waals surface area contributed by atoms with E-state index in [9.17, 15) is 9.18 Å². The van der Waals surface area contributed by atoms with Gasteiger partial charge in [0.25, 0.3) is 5.91 Å². The Balaban J connectivity index is 1.62. The Labute approximate surface area is 176 Å². The van der Waals surface area contributed by atoms with E-state index >= 15 is 0 Å². The number of nitrogens with zero attached hydrogens (tertiary/aromatic N) is 2. The second kappa shape index (κ2) is 8.23. The minimum Gasteiger partial charge on any atom is -0.345 e. The number of carbonyl (C=O) groups is 1. The van der Waals surface area contributed by atoms with Crippen LogP contribution in [0.25, 0.3) is 11.0 Å². The predicted molar refractivity (Wildman–Crippen MR) is 113 cm³/mol. The van der Waals surface area contributed by atoms with Crippen molar-refractivity contribution in [1.82, 2.24) is 14.9 Å². The molecule has 4 rings (SSSR count). The SMILES string of the molecule is O=C(NCc1nc2ccccc2n1Cc1ccc(Cl)cc1Cl)c1ccc(F)cc1. The molecule has 0 aliphatic carbocycles. The maximum atomic E-state index is 13.1. The lowest BCUT2D eigenvalue weighted by Gasteiger charge is -2.12. The molecule has 0 atom stereocenters. The highest BCUT2D eigenvalue weighted by molar-refractivity contribution is 6.35. The molecule has 1 amide bonds. The number of aromatic nitrogens is 2. The van der Waals surface area contributed by atoms with Crippen molar-refractivity contribution < 1.29 is 9.18 Å². The number of nitrogens with one attached hydrogen (secondary N) is 1. The number of imidazole rings is 1. The van der Waals surface area contributed by atoms with Crippen molar-refractivity contribution in [3.8, 4) is 0 Å². The molecule has 7 heteroatoms. The highest BCUT2D eigenvalue weighted by Gasteiger charge is 2.14. The van der Waals surface area contributed by atoms with Crippen LogP contribution in [0.5, 0.6) is 0 Å². The molecule has 1 heterocycles. The lowest BCUT2D eigenvalue weighted by atomic mass is 10.2. The Hall–Kier alpha value is -2.89. The molecule has 0 aliphatic rings. The summed E-state index contributed by atoms with van der Waals surface area (Å²) in [5, 5.41) is 3.98. The first-order valence-corrected chi connectivity index (χ1v) is 9.69. The number of rotatable bonds is 5. The molecule has 0 bridgehead atoms. The van der Waals surface area contributed by atoms with Crippen LogP contribution in [-0.2, 0) is 13.1 Å². The maximum Gasteiger partial charge on any atom is 0.251 e. The molecule has 1 aromatic heterocycles. The van der Waals surface area contributed by atoms with E-state index < -0.39 is 0 Å². The molecule has 0 unspecified atom stereocenters. The van der Waals surface area contributed by atoms with Gasteiger partial charge >= 0.3 is 0 Å². The van der Waals surface area contributed by atoms with Crippen molar-refractivity contribution in [3.05, 3.63) is 99.5 Å². The van der Waals surface area contributed by atoms with Crippen LogP contribution < -0.4 is 5.32 Å². The average molecular weight is 428 g/mol. The summed E-state index contributed by atoms with van der Waals surface area (Å²) in [6, 6.07) is 18.5. The third-order valence-corrected chi connectivity index (χ3v) is 5.18. The van der Waals surface area contributed by atoms with E-state index in [4.69, 9.17) is 23.2 Å². The van der Waals surface area contributed by atoms with Crippen LogP contribution in [0.4, 0.5) is 4.39 Å². The van der Waals surface area contributed by atoms with E-state index in [2.05, 4.69) is 10.3 Å². The van der Waals surface area contributed by atoms with Gasteiger partial charge in [-0.15, -0.1) is 0 Å². The van der Waals surface area contributed by atoms with Gasteiger partial charge in [0.15, 0.2) is 0 Å². The molecule has 0 saturated carbocycles. The Morgan fingerprint density at radius 1 is 1.03 bits per heavy atom. The Morgan fingerprint density at radius 3 is 2.55 bits per heavy atom. The Kier molecular flexibility index (Phi) is 5.51. The van der Waals surface area contributed by atoms with Crippen molar-refractivity contribution in [2.24, 2.45) is 0 Å². The summed E-state index contributed by atoms with van der Waals surface area (Å²) in [6.45, 7) is 0.703. The van der Waals surface area contributed by atoms with Crippen molar-refractivity contribution >= 4 is 40.1 Å². The molecular formula is C22H16Cl2FN3O. The third-order valence-electron chi connectivity index (χ3n) is 4.59. The standard InChI is InChI=1S/C22H16Cl2FN3O/c23-16-8-5-15(18(24)11-16)13-28-20-4-2-1-3-19(20)27-21(28)12-26-22(29)14-6-9-17(25)10-7-14/h1-11H,12-13H2,(H,26,29). The lowest BCUT2D eigenvalue weighted by molar-refractivity contribution is 0.0949. The molecule has 3 aromatic carbocycles. The maximum absolute atomic E-state index is 13.1. The van der Waals surface area contributed by atoms with Gasteiger partial charge in [-0.2, -0.15) is 0 Å². The van der Waals surface area contributed by atoms with Crippen LogP contribution in [0, 0.1) is 5.82 Å². The average Bonchev–Trinajstić information content (AvgIpc) is 3.06. The van der Waals surface area contributed by atoms with Crippen LogP contribution in [0.1, 0.15) is 21.7 Å². The normalized spacial score (nSPS) is 11.0. The zero-order valence-corrected chi connectivity index (χ0v) is 16.7. The topological polar surface area (TPSA) is 46.9 Å². The molecule has 29 heavy (non-hydrogen) atoms. The molecule has 146 valence electrons. The summed E-state index contributed by atoms with van der Waals surface area (Å²) in [6.07, 6.45) is 0. The fraction of sp³-hybridized carbons (Fsp3) is 0.0909. The second-order valence-corrected chi connectivity index (χ2v) is 7.37. The first kappa shape index (κ1) is 19.4. The number of para-hydroxylation sites is 2. The molecular weight excluding hydrogens is 412 g/mol. The largest absolute Gasteiger partial charge is 0.345 e. The first-order chi connectivity index (χ1) is 14.0. The number of hydrogen-bond acceptors (Lipinski definition) is 2. The number of fused-ring (bicyclic) bond motifs is 1. The van der Waals surface area contributed by atoms with E-state index in [0.717, 1.165) is 16.6 Å². The van der Waals surface area contributed by atoms with Gasteiger partial charge in [-0.3, -0.25) is 4.79 Å². The molecule has 4 nitrogen and oxygen atoms in total. The number of amides is 1. The van der Waals surface area contributed by atoms with Crippen LogP contribution >= 0.6 is 23.2 Å². The molecule has 0 aliphatic heterocycles. The van der Waals surface area contributed by atoms with Crippen LogP contribution in [0.3, 0.4) is 0 Å². The summed E-state index contributed by atoms with van der Waals surface area (Å²) in [4.78, 5) is 17.1. The first-order valence-electron chi connectivity index (χ1n) is 8.93.